The second-order valence-electron chi connectivity index (χ2n) is 6.05. The van der Waals surface area contributed by atoms with E-state index < -0.39 is 21.5 Å². The smallest absolute Gasteiger partial charge is 0.237 e. The molecule has 0 saturated heterocycles. The van der Waals surface area contributed by atoms with Crippen LogP contribution in [0.1, 0.15) is 16.7 Å². The van der Waals surface area contributed by atoms with E-state index in [1.54, 1.807) is 42.5 Å². The van der Waals surface area contributed by atoms with Gasteiger partial charge in [0.25, 0.3) is 0 Å². The molecule has 27 heavy (non-hydrogen) atoms. The molecule has 0 aliphatic rings. The summed E-state index contributed by atoms with van der Waals surface area (Å²) < 4.78 is 29.9. The number of rotatable bonds is 7. The first-order valence-electron chi connectivity index (χ1n) is 8.00. The van der Waals surface area contributed by atoms with E-state index in [4.69, 9.17) is 21.6 Å². The summed E-state index contributed by atoms with van der Waals surface area (Å²) >= 11 is 5.98. The summed E-state index contributed by atoms with van der Waals surface area (Å²) in [5.74, 6) is -0.823. The zero-order valence-corrected chi connectivity index (χ0v) is 16.5. The number of hydrogen-bond donors (Lipinski definition) is 0. The topological polar surface area (TPSA) is 87.5 Å². The lowest BCUT2D eigenvalue weighted by Gasteiger charge is -2.19. The van der Waals surface area contributed by atoms with Gasteiger partial charge in [-0.15, -0.1) is 0 Å². The quantitative estimate of drug-likeness (QED) is 0.705. The van der Waals surface area contributed by atoms with Crippen LogP contribution >= 0.6 is 11.6 Å². The standard InChI is InChI=1S/C19H19ClN2O4S/c1-22(11-16-9-17(20)7-8-18(16)26-2)19(23)13-27(24,25)12-15-5-3-14(10-21)4-6-15/h3-9H,11-13H2,1-2H3. The van der Waals surface area contributed by atoms with Gasteiger partial charge in [-0.1, -0.05) is 23.7 Å². The summed E-state index contributed by atoms with van der Waals surface area (Å²) in [6, 6.07) is 13.2. The van der Waals surface area contributed by atoms with Crippen LogP contribution in [0.5, 0.6) is 5.75 Å². The molecule has 0 heterocycles. The van der Waals surface area contributed by atoms with Gasteiger partial charge in [0.2, 0.25) is 5.91 Å². The molecule has 0 atom stereocenters. The lowest BCUT2D eigenvalue weighted by Crippen LogP contribution is -2.32. The highest BCUT2D eigenvalue weighted by molar-refractivity contribution is 7.91. The minimum absolute atomic E-state index is 0.176. The van der Waals surface area contributed by atoms with Crippen LogP contribution in [0.15, 0.2) is 42.5 Å². The zero-order chi connectivity index (χ0) is 20.0. The zero-order valence-electron chi connectivity index (χ0n) is 15.0. The van der Waals surface area contributed by atoms with Gasteiger partial charge in [-0.25, -0.2) is 8.42 Å². The number of methoxy groups -OCH3 is 1. The summed E-state index contributed by atoms with van der Waals surface area (Å²) in [6.07, 6.45) is 0. The van der Waals surface area contributed by atoms with Crippen LogP contribution < -0.4 is 4.74 Å². The van der Waals surface area contributed by atoms with Gasteiger partial charge in [-0.2, -0.15) is 5.26 Å². The Balaban J connectivity index is 2.04. The van der Waals surface area contributed by atoms with E-state index in [2.05, 4.69) is 0 Å². The van der Waals surface area contributed by atoms with E-state index in [0.717, 1.165) is 0 Å². The highest BCUT2D eigenvalue weighted by Gasteiger charge is 2.21. The number of nitriles is 1. The molecule has 0 fully saturated rings. The van der Waals surface area contributed by atoms with Gasteiger partial charge in [0.1, 0.15) is 11.5 Å². The third-order valence-electron chi connectivity index (χ3n) is 3.89. The maximum absolute atomic E-state index is 12.4. The summed E-state index contributed by atoms with van der Waals surface area (Å²) in [6.45, 7) is 0.176. The molecule has 0 N–H and O–H groups in total. The molecule has 2 aromatic carbocycles. The van der Waals surface area contributed by atoms with Gasteiger partial charge >= 0.3 is 0 Å². The van der Waals surface area contributed by atoms with Crippen LogP contribution in [-0.2, 0) is 26.9 Å². The Morgan fingerprint density at radius 1 is 1.22 bits per heavy atom. The van der Waals surface area contributed by atoms with Gasteiger partial charge in [0.05, 0.1) is 24.5 Å². The molecule has 0 unspecified atom stereocenters. The largest absolute Gasteiger partial charge is 0.496 e. The molecule has 0 aliphatic heterocycles. The number of nitrogens with zero attached hydrogens (tertiary/aromatic N) is 2. The number of hydrogen-bond acceptors (Lipinski definition) is 5. The first-order valence-corrected chi connectivity index (χ1v) is 10.2. The minimum Gasteiger partial charge on any atom is -0.496 e. The molecular weight excluding hydrogens is 388 g/mol. The van der Waals surface area contributed by atoms with Crippen molar-refractivity contribution in [2.75, 3.05) is 19.9 Å². The van der Waals surface area contributed by atoms with E-state index in [1.165, 1.54) is 19.1 Å². The van der Waals surface area contributed by atoms with Crippen molar-refractivity contribution in [2.45, 2.75) is 12.3 Å². The average Bonchev–Trinajstić information content (AvgIpc) is 2.61. The lowest BCUT2D eigenvalue weighted by atomic mass is 10.2. The third kappa shape index (κ3) is 5.98. The van der Waals surface area contributed by atoms with Gasteiger partial charge in [-0.3, -0.25) is 4.79 Å². The number of carbonyl (C=O) groups excluding carboxylic acids is 1. The Labute approximate surface area is 163 Å². The van der Waals surface area contributed by atoms with Crippen molar-refractivity contribution < 1.29 is 17.9 Å². The van der Waals surface area contributed by atoms with Crippen LogP contribution in [0, 0.1) is 11.3 Å². The lowest BCUT2D eigenvalue weighted by molar-refractivity contribution is -0.127. The maximum atomic E-state index is 12.4. The molecule has 0 spiro atoms. The molecule has 0 saturated carbocycles. The Kier molecular flexibility index (Phi) is 6.83. The van der Waals surface area contributed by atoms with Crippen LogP contribution in [0.2, 0.25) is 5.02 Å². The molecular formula is C19H19ClN2O4S. The molecule has 6 nitrogen and oxygen atoms in total. The fourth-order valence-electron chi connectivity index (χ4n) is 2.49. The number of benzene rings is 2. The Hall–Kier alpha value is -2.56. The van der Waals surface area contributed by atoms with Crippen molar-refractivity contribution in [2.24, 2.45) is 0 Å². The van der Waals surface area contributed by atoms with Crippen molar-refractivity contribution >= 4 is 27.3 Å². The first kappa shape index (κ1) is 20.7. The third-order valence-corrected chi connectivity index (χ3v) is 5.58. The van der Waals surface area contributed by atoms with Crippen molar-refractivity contribution in [3.8, 4) is 11.8 Å². The van der Waals surface area contributed by atoms with Crippen LogP contribution in [0.25, 0.3) is 0 Å². The molecule has 8 heteroatoms. The van der Waals surface area contributed by atoms with Gasteiger partial charge in [-0.05, 0) is 35.9 Å². The predicted octanol–water partition coefficient (Wildman–Crippen LogP) is 2.79. The number of ether oxygens (including phenoxy) is 1. The van der Waals surface area contributed by atoms with Gasteiger partial charge in [0, 0.05) is 24.2 Å². The molecule has 2 rings (SSSR count). The molecule has 0 aliphatic carbocycles. The normalized spacial score (nSPS) is 10.9. The van der Waals surface area contributed by atoms with E-state index in [1.807, 2.05) is 6.07 Å². The molecule has 0 radical (unpaired) electrons. The average molecular weight is 407 g/mol. The minimum atomic E-state index is -3.65. The molecule has 0 aromatic heterocycles. The van der Waals surface area contributed by atoms with Crippen LogP contribution in [-0.4, -0.2) is 39.1 Å². The molecule has 0 bridgehead atoms. The van der Waals surface area contributed by atoms with Crippen molar-refractivity contribution in [1.82, 2.24) is 4.90 Å². The van der Waals surface area contributed by atoms with Gasteiger partial charge < -0.3 is 9.64 Å². The second kappa shape index (κ2) is 8.89. The highest BCUT2D eigenvalue weighted by Crippen LogP contribution is 2.24. The monoisotopic (exact) mass is 406 g/mol. The van der Waals surface area contributed by atoms with Crippen LogP contribution in [0.4, 0.5) is 0 Å². The molecule has 142 valence electrons. The summed E-state index contributed by atoms with van der Waals surface area (Å²) in [5, 5.41) is 9.28. The predicted molar refractivity (Wildman–Crippen MR) is 103 cm³/mol. The molecule has 2 aromatic rings. The number of sulfone groups is 1. The maximum Gasteiger partial charge on any atom is 0.237 e. The van der Waals surface area contributed by atoms with Crippen molar-refractivity contribution in [1.29, 1.82) is 5.26 Å². The van der Waals surface area contributed by atoms with Crippen molar-refractivity contribution in [3.63, 3.8) is 0 Å². The van der Waals surface area contributed by atoms with E-state index in [9.17, 15) is 13.2 Å². The SMILES string of the molecule is COc1ccc(Cl)cc1CN(C)C(=O)CS(=O)(=O)Cc1ccc(C#N)cc1. The Morgan fingerprint density at radius 3 is 2.48 bits per heavy atom. The fourth-order valence-corrected chi connectivity index (χ4v) is 4.09. The first-order chi connectivity index (χ1) is 12.7. The van der Waals surface area contributed by atoms with E-state index >= 15 is 0 Å². The molecule has 1 amide bonds. The Bertz CT molecular complexity index is 966. The summed E-state index contributed by atoms with van der Waals surface area (Å²) in [7, 11) is -0.608. The van der Waals surface area contributed by atoms with Crippen LogP contribution in [0.3, 0.4) is 0 Å². The van der Waals surface area contributed by atoms with Gasteiger partial charge in [0.15, 0.2) is 9.84 Å². The summed E-state index contributed by atoms with van der Waals surface area (Å²) in [5.41, 5.74) is 1.66. The number of carbonyl (C=O) groups is 1. The summed E-state index contributed by atoms with van der Waals surface area (Å²) in [4.78, 5) is 13.7. The van der Waals surface area contributed by atoms with Crippen molar-refractivity contribution in [3.05, 3.63) is 64.2 Å². The Morgan fingerprint density at radius 2 is 1.89 bits per heavy atom. The fraction of sp³-hybridized carbons (Fsp3) is 0.263. The highest BCUT2D eigenvalue weighted by atomic mass is 35.5. The van der Waals surface area contributed by atoms with E-state index in [-0.39, 0.29) is 12.3 Å². The number of halogens is 1. The number of amides is 1. The second-order valence-corrected chi connectivity index (χ2v) is 8.55. The van der Waals surface area contributed by atoms with E-state index in [0.29, 0.717) is 27.5 Å².